The minimum Gasteiger partial charge on any atom is -0.316 e. The van der Waals surface area contributed by atoms with Gasteiger partial charge in [-0.05, 0) is 55.3 Å². The van der Waals surface area contributed by atoms with Gasteiger partial charge in [0.1, 0.15) is 0 Å². The Morgan fingerprint density at radius 2 is 1.95 bits per heavy atom. The normalized spacial score (nSPS) is 17.1. The molecule has 0 aromatic heterocycles. The summed E-state index contributed by atoms with van der Waals surface area (Å²) in [6.45, 7) is 10.4. The van der Waals surface area contributed by atoms with Crippen LogP contribution < -0.4 is 5.32 Å². The van der Waals surface area contributed by atoms with Crippen LogP contribution in [0.2, 0.25) is 0 Å². The van der Waals surface area contributed by atoms with Crippen LogP contribution in [0.3, 0.4) is 0 Å². The van der Waals surface area contributed by atoms with Crippen LogP contribution in [0.4, 0.5) is 0 Å². The minimum atomic E-state index is 0.731. The van der Waals surface area contributed by atoms with Gasteiger partial charge < -0.3 is 5.32 Å². The number of nitrogens with zero attached hydrogens (tertiary/aromatic N) is 1. The quantitative estimate of drug-likeness (QED) is 0.777. The smallest absolute Gasteiger partial charge is 0.0236 e. The molecular formula is C18H30N2S. The van der Waals surface area contributed by atoms with Crippen LogP contribution in [0, 0.1) is 5.92 Å². The lowest BCUT2D eigenvalue weighted by molar-refractivity contribution is 0.286. The molecule has 0 atom stereocenters. The zero-order valence-electron chi connectivity index (χ0n) is 13.6. The molecule has 0 unspecified atom stereocenters. The molecule has 2 nitrogen and oxygen atoms in total. The first kappa shape index (κ1) is 16.9. The summed E-state index contributed by atoms with van der Waals surface area (Å²) >= 11 is 2.10. The third kappa shape index (κ3) is 6.41. The Bertz CT molecular complexity index is 398. The highest BCUT2D eigenvalue weighted by atomic mass is 32.2. The fraction of sp³-hybridized carbons (Fsp3) is 0.667. The summed E-state index contributed by atoms with van der Waals surface area (Å²) in [4.78, 5) is 2.63. The number of rotatable bonds is 7. The molecule has 0 bridgehead atoms. The van der Waals surface area contributed by atoms with Crippen molar-refractivity contribution in [3.05, 3.63) is 35.4 Å². The van der Waals surface area contributed by atoms with Gasteiger partial charge >= 0.3 is 0 Å². The lowest BCUT2D eigenvalue weighted by atomic mass is 10.0. The van der Waals surface area contributed by atoms with Gasteiger partial charge in [0.2, 0.25) is 0 Å². The van der Waals surface area contributed by atoms with Gasteiger partial charge in [-0.25, -0.2) is 0 Å². The maximum absolute atomic E-state index is 3.56. The van der Waals surface area contributed by atoms with Gasteiger partial charge in [0.15, 0.2) is 0 Å². The van der Waals surface area contributed by atoms with E-state index >= 15 is 0 Å². The first-order valence-corrected chi connectivity index (χ1v) is 9.49. The predicted octanol–water partition coefficient (Wildman–Crippen LogP) is 3.41. The van der Waals surface area contributed by atoms with Gasteiger partial charge in [-0.1, -0.05) is 38.1 Å². The molecular weight excluding hydrogens is 276 g/mol. The molecule has 1 aromatic rings. The Balaban J connectivity index is 1.86. The summed E-state index contributed by atoms with van der Waals surface area (Å²) in [5.74, 6) is 3.35. The van der Waals surface area contributed by atoms with Crippen molar-refractivity contribution in [1.82, 2.24) is 10.2 Å². The Morgan fingerprint density at radius 1 is 1.14 bits per heavy atom. The van der Waals surface area contributed by atoms with Crippen LogP contribution in [0.15, 0.2) is 24.3 Å². The third-order valence-corrected chi connectivity index (χ3v) is 5.00. The molecule has 0 saturated carbocycles. The highest BCUT2D eigenvalue weighted by molar-refractivity contribution is 7.99. The molecule has 0 aliphatic carbocycles. The van der Waals surface area contributed by atoms with Gasteiger partial charge in [0.25, 0.3) is 0 Å². The summed E-state index contributed by atoms with van der Waals surface area (Å²) in [6, 6.07) is 8.99. The molecule has 1 aliphatic heterocycles. The van der Waals surface area contributed by atoms with E-state index in [1.807, 2.05) is 0 Å². The Morgan fingerprint density at radius 3 is 2.76 bits per heavy atom. The summed E-state index contributed by atoms with van der Waals surface area (Å²) in [7, 11) is 0. The van der Waals surface area contributed by atoms with Crippen LogP contribution in [-0.2, 0) is 13.0 Å². The van der Waals surface area contributed by atoms with Crippen LogP contribution in [0.1, 0.15) is 31.4 Å². The van der Waals surface area contributed by atoms with Crippen molar-refractivity contribution < 1.29 is 0 Å². The highest BCUT2D eigenvalue weighted by Crippen LogP contribution is 2.16. The maximum Gasteiger partial charge on any atom is 0.0236 e. The number of hydrogen-bond acceptors (Lipinski definition) is 3. The van der Waals surface area contributed by atoms with Crippen LogP contribution >= 0.6 is 11.8 Å². The van der Waals surface area contributed by atoms with Crippen LogP contribution in [-0.4, -0.2) is 42.6 Å². The second kappa shape index (κ2) is 9.50. The lowest BCUT2D eigenvalue weighted by Gasteiger charge is -2.21. The van der Waals surface area contributed by atoms with Crippen molar-refractivity contribution in [3.63, 3.8) is 0 Å². The van der Waals surface area contributed by atoms with Crippen molar-refractivity contribution in [2.75, 3.05) is 37.7 Å². The molecule has 1 N–H and O–H groups in total. The molecule has 1 aromatic carbocycles. The monoisotopic (exact) mass is 306 g/mol. The Kier molecular flexibility index (Phi) is 7.62. The Hall–Kier alpha value is -0.510. The molecule has 21 heavy (non-hydrogen) atoms. The molecule has 1 heterocycles. The molecule has 1 saturated heterocycles. The van der Waals surface area contributed by atoms with E-state index in [0.717, 1.165) is 32.0 Å². The summed E-state index contributed by atoms with van der Waals surface area (Å²) in [6.07, 6.45) is 2.48. The summed E-state index contributed by atoms with van der Waals surface area (Å²) in [5, 5.41) is 3.56. The summed E-state index contributed by atoms with van der Waals surface area (Å²) in [5.41, 5.74) is 3.04. The van der Waals surface area contributed by atoms with Gasteiger partial charge in [-0.2, -0.15) is 11.8 Å². The van der Waals surface area contributed by atoms with Crippen LogP contribution in [0.25, 0.3) is 0 Å². The predicted molar refractivity (Wildman–Crippen MR) is 95.1 cm³/mol. The van der Waals surface area contributed by atoms with E-state index in [0.29, 0.717) is 0 Å². The van der Waals surface area contributed by atoms with Gasteiger partial charge in [0.05, 0.1) is 0 Å². The standard InChI is InChI=1S/C18H30N2S/c1-16(2)14-19-9-8-17-6-3-4-7-18(17)15-20-10-5-12-21-13-11-20/h3-4,6-7,16,19H,5,8-15H2,1-2H3. The van der Waals surface area contributed by atoms with Crippen molar-refractivity contribution in [2.45, 2.75) is 33.2 Å². The Labute approximate surface area is 134 Å². The molecule has 2 rings (SSSR count). The van der Waals surface area contributed by atoms with E-state index in [1.165, 1.54) is 42.1 Å². The topological polar surface area (TPSA) is 15.3 Å². The zero-order chi connectivity index (χ0) is 14.9. The second-order valence-corrected chi connectivity index (χ2v) is 7.58. The largest absolute Gasteiger partial charge is 0.316 e. The fourth-order valence-electron chi connectivity index (χ4n) is 2.77. The number of hydrogen-bond donors (Lipinski definition) is 1. The number of benzene rings is 1. The number of thioether (sulfide) groups is 1. The molecule has 0 amide bonds. The van der Waals surface area contributed by atoms with Crippen molar-refractivity contribution in [1.29, 1.82) is 0 Å². The van der Waals surface area contributed by atoms with E-state index in [1.54, 1.807) is 0 Å². The van der Waals surface area contributed by atoms with Crippen molar-refractivity contribution in [3.8, 4) is 0 Å². The van der Waals surface area contributed by atoms with Crippen molar-refractivity contribution in [2.24, 2.45) is 5.92 Å². The van der Waals surface area contributed by atoms with Gasteiger partial charge in [-0.3, -0.25) is 4.90 Å². The van der Waals surface area contributed by atoms with Gasteiger partial charge in [-0.15, -0.1) is 0 Å². The molecule has 0 radical (unpaired) electrons. The lowest BCUT2D eigenvalue weighted by Crippen LogP contribution is -2.26. The molecule has 3 heteroatoms. The average molecular weight is 307 g/mol. The third-order valence-electron chi connectivity index (χ3n) is 3.95. The molecule has 118 valence electrons. The second-order valence-electron chi connectivity index (χ2n) is 6.36. The first-order valence-electron chi connectivity index (χ1n) is 8.33. The summed E-state index contributed by atoms with van der Waals surface area (Å²) < 4.78 is 0. The highest BCUT2D eigenvalue weighted by Gasteiger charge is 2.11. The zero-order valence-corrected chi connectivity index (χ0v) is 14.4. The fourth-order valence-corrected chi connectivity index (χ4v) is 3.69. The van der Waals surface area contributed by atoms with E-state index in [2.05, 4.69) is 60.1 Å². The number of nitrogens with one attached hydrogen (secondary N) is 1. The SMILES string of the molecule is CC(C)CNCCc1ccccc1CN1CCCSCC1. The maximum atomic E-state index is 3.56. The molecule has 0 spiro atoms. The van der Waals surface area contributed by atoms with E-state index in [9.17, 15) is 0 Å². The van der Waals surface area contributed by atoms with Crippen molar-refractivity contribution >= 4 is 11.8 Å². The average Bonchev–Trinajstić information content (AvgIpc) is 2.74. The first-order chi connectivity index (χ1) is 10.3. The van der Waals surface area contributed by atoms with E-state index in [4.69, 9.17) is 0 Å². The van der Waals surface area contributed by atoms with Crippen LogP contribution in [0.5, 0.6) is 0 Å². The van der Waals surface area contributed by atoms with E-state index in [-0.39, 0.29) is 0 Å². The molecule has 1 aliphatic rings. The molecule has 1 fully saturated rings. The van der Waals surface area contributed by atoms with Gasteiger partial charge in [0, 0.05) is 18.8 Å². The van der Waals surface area contributed by atoms with E-state index < -0.39 is 0 Å². The minimum absolute atomic E-state index is 0.731.